The molecule has 2 aromatic rings. The molecule has 1 heterocycles. The normalized spacial score (nSPS) is 15.3. The van der Waals surface area contributed by atoms with E-state index >= 15 is 0 Å². The minimum atomic E-state index is -0.537. The van der Waals surface area contributed by atoms with Crippen molar-refractivity contribution in [1.29, 1.82) is 0 Å². The van der Waals surface area contributed by atoms with Gasteiger partial charge in [-0.3, -0.25) is 9.69 Å². The van der Waals surface area contributed by atoms with E-state index in [0.717, 1.165) is 5.56 Å². The van der Waals surface area contributed by atoms with E-state index in [-0.39, 0.29) is 11.9 Å². The van der Waals surface area contributed by atoms with Crippen LogP contribution in [-0.2, 0) is 9.53 Å². The highest BCUT2D eigenvalue weighted by Crippen LogP contribution is 2.29. The van der Waals surface area contributed by atoms with E-state index in [9.17, 15) is 9.59 Å². The first-order valence-electron chi connectivity index (χ1n) is 10.2. The van der Waals surface area contributed by atoms with E-state index < -0.39 is 6.04 Å². The second-order valence-electron chi connectivity index (χ2n) is 7.10. The van der Waals surface area contributed by atoms with Crippen LogP contribution in [0.25, 0.3) is 0 Å². The molecule has 3 rings (SSSR count). The minimum absolute atomic E-state index is 0.0814. The predicted octanol–water partition coefficient (Wildman–Crippen LogP) is 3.42. The average Bonchev–Trinajstić information content (AvgIpc) is 2.80. The number of ether oxygens (including phenoxy) is 3. The van der Waals surface area contributed by atoms with Crippen molar-refractivity contribution in [2.45, 2.75) is 13.0 Å². The highest BCUT2D eigenvalue weighted by molar-refractivity contribution is 6.30. The van der Waals surface area contributed by atoms with Gasteiger partial charge in [0.25, 0.3) is 5.91 Å². The van der Waals surface area contributed by atoms with Crippen LogP contribution < -0.4 is 9.47 Å². The molecule has 0 aliphatic carbocycles. The van der Waals surface area contributed by atoms with Gasteiger partial charge in [0, 0.05) is 36.8 Å². The Kier molecular flexibility index (Phi) is 7.76. The van der Waals surface area contributed by atoms with E-state index in [1.54, 1.807) is 42.3 Å². The number of esters is 1. The molecule has 1 saturated heterocycles. The number of halogens is 1. The standard InChI is InChI=1S/C23H27ClN2O5/c1-4-31-19-10-7-17(15-20(19)29-2)22(27)26-13-11-25(12-14-26)21(23(28)30-3)16-5-8-18(24)9-6-16/h5-10,15,21H,4,11-14H2,1-3H3. The third kappa shape index (κ3) is 5.29. The first kappa shape index (κ1) is 22.9. The smallest absolute Gasteiger partial charge is 0.327 e. The van der Waals surface area contributed by atoms with Crippen molar-refractivity contribution in [3.63, 3.8) is 0 Å². The molecule has 1 amide bonds. The summed E-state index contributed by atoms with van der Waals surface area (Å²) in [7, 11) is 2.93. The summed E-state index contributed by atoms with van der Waals surface area (Å²) in [5, 5.41) is 0.605. The van der Waals surface area contributed by atoms with E-state index in [0.29, 0.717) is 54.9 Å². The quantitative estimate of drug-likeness (QED) is 0.607. The van der Waals surface area contributed by atoms with Gasteiger partial charge < -0.3 is 19.1 Å². The topological polar surface area (TPSA) is 68.3 Å². The third-order valence-electron chi connectivity index (χ3n) is 5.29. The lowest BCUT2D eigenvalue weighted by atomic mass is 10.0. The molecular weight excluding hydrogens is 420 g/mol. The van der Waals surface area contributed by atoms with E-state index in [2.05, 4.69) is 0 Å². The maximum absolute atomic E-state index is 13.0. The Bertz CT molecular complexity index is 911. The molecule has 166 valence electrons. The Labute approximate surface area is 187 Å². The zero-order valence-electron chi connectivity index (χ0n) is 18.0. The summed E-state index contributed by atoms with van der Waals surface area (Å²) in [6.45, 7) is 4.49. The summed E-state index contributed by atoms with van der Waals surface area (Å²) in [6.07, 6.45) is 0. The molecule has 2 aromatic carbocycles. The van der Waals surface area contributed by atoms with E-state index in [1.807, 2.05) is 24.0 Å². The lowest BCUT2D eigenvalue weighted by molar-refractivity contribution is -0.148. The van der Waals surface area contributed by atoms with Gasteiger partial charge in [-0.1, -0.05) is 23.7 Å². The van der Waals surface area contributed by atoms with Gasteiger partial charge in [0.05, 0.1) is 20.8 Å². The molecule has 1 unspecified atom stereocenters. The van der Waals surface area contributed by atoms with Crippen molar-refractivity contribution in [3.05, 3.63) is 58.6 Å². The Morgan fingerprint density at radius 3 is 2.26 bits per heavy atom. The van der Waals surface area contributed by atoms with Crippen molar-refractivity contribution in [2.75, 3.05) is 47.0 Å². The second-order valence-corrected chi connectivity index (χ2v) is 7.54. The molecule has 0 saturated carbocycles. The fourth-order valence-corrected chi connectivity index (χ4v) is 3.82. The molecule has 1 aliphatic rings. The molecule has 31 heavy (non-hydrogen) atoms. The van der Waals surface area contributed by atoms with Crippen LogP contribution in [0.4, 0.5) is 0 Å². The summed E-state index contributed by atoms with van der Waals surface area (Å²) >= 11 is 5.99. The number of rotatable bonds is 7. The van der Waals surface area contributed by atoms with Crippen LogP contribution >= 0.6 is 11.6 Å². The first-order valence-corrected chi connectivity index (χ1v) is 10.5. The fraction of sp³-hybridized carbons (Fsp3) is 0.391. The number of amides is 1. The van der Waals surface area contributed by atoms with Crippen LogP contribution in [0, 0.1) is 0 Å². The molecule has 8 heteroatoms. The Morgan fingerprint density at radius 2 is 1.68 bits per heavy atom. The predicted molar refractivity (Wildman–Crippen MR) is 118 cm³/mol. The first-order chi connectivity index (χ1) is 15.0. The Morgan fingerprint density at radius 1 is 1.00 bits per heavy atom. The third-order valence-corrected chi connectivity index (χ3v) is 5.54. The summed E-state index contributed by atoms with van der Waals surface area (Å²) in [5.74, 6) is 0.718. The van der Waals surface area contributed by atoms with Gasteiger partial charge in [0.15, 0.2) is 11.5 Å². The number of benzene rings is 2. The molecule has 1 aliphatic heterocycles. The molecule has 7 nitrogen and oxygen atoms in total. The molecule has 0 N–H and O–H groups in total. The van der Waals surface area contributed by atoms with Crippen LogP contribution in [0.15, 0.2) is 42.5 Å². The molecule has 0 spiro atoms. The lowest BCUT2D eigenvalue weighted by Crippen LogP contribution is -2.51. The van der Waals surface area contributed by atoms with Gasteiger partial charge in [0.2, 0.25) is 0 Å². The maximum atomic E-state index is 13.0. The molecule has 0 aromatic heterocycles. The Balaban J connectivity index is 1.70. The van der Waals surface area contributed by atoms with Gasteiger partial charge in [-0.05, 0) is 42.8 Å². The van der Waals surface area contributed by atoms with Crippen molar-refractivity contribution < 1.29 is 23.8 Å². The maximum Gasteiger partial charge on any atom is 0.327 e. The minimum Gasteiger partial charge on any atom is -0.493 e. The van der Waals surface area contributed by atoms with Crippen LogP contribution in [0.1, 0.15) is 28.9 Å². The fourth-order valence-electron chi connectivity index (χ4n) is 3.69. The number of methoxy groups -OCH3 is 2. The summed E-state index contributed by atoms with van der Waals surface area (Å²) in [6, 6.07) is 11.8. The lowest BCUT2D eigenvalue weighted by Gasteiger charge is -2.38. The highest BCUT2D eigenvalue weighted by Gasteiger charge is 2.32. The van der Waals surface area contributed by atoms with Gasteiger partial charge >= 0.3 is 5.97 Å². The summed E-state index contributed by atoms with van der Waals surface area (Å²) < 4.78 is 15.9. The van der Waals surface area contributed by atoms with Crippen LogP contribution in [0.5, 0.6) is 11.5 Å². The van der Waals surface area contributed by atoms with Crippen molar-refractivity contribution in [1.82, 2.24) is 9.80 Å². The molecule has 1 atom stereocenters. The van der Waals surface area contributed by atoms with Crippen molar-refractivity contribution >= 4 is 23.5 Å². The molecule has 0 bridgehead atoms. The van der Waals surface area contributed by atoms with Crippen LogP contribution in [0.2, 0.25) is 5.02 Å². The molecule has 0 radical (unpaired) electrons. The molecular formula is C23H27ClN2O5. The van der Waals surface area contributed by atoms with Crippen molar-refractivity contribution in [2.24, 2.45) is 0 Å². The number of carbonyl (C=O) groups is 2. The number of hydrogen-bond donors (Lipinski definition) is 0. The van der Waals surface area contributed by atoms with Gasteiger partial charge in [-0.15, -0.1) is 0 Å². The number of carbonyl (C=O) groups excluding carboxylic acids is 2. The number of piperazine rings is 1. The largest absolute Gasteiger partial charge is 0.493 e. The summed E-state index contributed by atoms with van der Waals surface area (Å²) in [4.78, 5) is 29.3. The van der Waals surface area contributed by atoms with Crippen LogP contribution in [-0.4, -0.2) is 68.7 Å². The summed E-state index contributed by atoms with van der Waals surface area (Å²) in [5.41, 5.74) is 1.35. The highest BCUT2D eigenvalue weighted by atomic mass is 35.5. The zero-order valence-corrected chi connectivity index (χ0v) is 18.7. The zero-order chi connectivity index (χ0) is 22.4. The van der Waals surface area contributed by atoms with E-state index in [4.69, 9.17) is 25.8 Å². The monoisotopic (exact) mass is 446 g/mol. The number of hydrogen-bond acceptors (Lipinski definition) is 6. The average molecular weight is 447 g/mol. The van der Waals surface area contributed by atoms with Crippen molar-refractivity contribution in [3.8, 4) is 11.5 Å². The number of nitrogens with zero attached hydrogens (tertiary/aromatic N) is 2. The second kappa shape index (κ2) is 10.5. The van der Waals surface area contributed by atoms with Gasteiger partial charge in [-0.2, -0.15) is 0 Å². The SMILES string of the molecule is CCOc1ccc(C(=O)N2CCN(C(C(=O)OC)c3ccc(Cl)cc3)CC2)cc1OC. The van der Waals surface area contributed by atoms with Crippen LogP contribution in [0.3, 0.4) is 0 Å². The van der Waals surface area contributed by atoms with Gasteiger partial charge in [0.1, 0.15) is 6.04 Å². The van der Waals surface area contributed by atoms with E-state index in [1.165, 1.54) is 7.11 Å². The Hall–Kier alpha value is -2.77. The van der Waals surface area contributed by atoms with Gasteiger partial charge in [-0.25, -0.2) is 4.79 Å². The molecule has 1 fully saturated rings.